The van der Waals surface area contributed by atoms with Crippen molar-refractivity contribution in [1.82, 2.24) is 19.7 Å². The summed E-state index contributed by atoms with van der Waals surface area (Å²) < 4.78 is 6.55. The summed E-state index contributed by atoms with van der Waals surface area (Å²) in [6, 6.07) is 5.92. The van der Waals surface area contributed by atoms with Crippen LogP contribution in [-0.2, 0) is 21.4 Å². The number of methoxy groups -OCH3 is 1. The van der Waals surface area contributed by atoms with Gasteiger partial charge in [-0.15, -0.1) is 0 Å². The van der Waals surface area contributed by atoms with Gasteiger partial charge in [0.05, 0.1) is 24.7 Å². The highest BCUT2D eigenvalue weighted by Gasteiger charge is 2.30. The Hall–Kier alpha value is -3.29. The number of esters is 1. The first-order chi connectivity index (χ1) is 14.0. The summed E-state index contributed by atoms with van der Waals surface area (Å²) in [5.74, 6) is -0.244. The first-order valence-electron chi connectivity index (χ1n) is 9.68. The van der Waals surface area contributed by atoms with Gasteiger partial charge in [0.2, 0.25) is 11.9 Å². The number of aryl methyl sites for hydroxylation is 1. The second kappa shape index (κ2) is 7.98. The van der Waals surface area contributed by atoms with Gasteiger partial charge in [-0.2, -0.15) is 5.10 Å². The van der Waals surface area contributed by atoms with Crippen molar-refractivity contribution in [2.75, 3.05) is 12.4 Å². The Kier molecular flexibility index (Phi) is 5.24. The minimum Gasteiger partial charge on any atom is -0.469 e. The van der Waals surface area contributed by atoms with Crippen molar-refractivity contribution >= 4 is 28.7 Å². The molecule has 29 heavy (non-hydrogen) atoms. The number of fused-ring (bicyclic) bond motifs is 1. The maximum absolute atomic E-state index is 12.6. The molecule has 2 heterocycles. The smallest absolute Gasteiger partial charge is 0.308 e. The summed E-state index contributed by atoms with van der Waals surface area (Å²) in [5.41, 5.74) is 2.76. The number of nitrogens with zero attached hydrogens (tertiary/aromatic N) is 4. The predicted molar refractivity (Wildman–Crippen MR) is 108 cm³/mol. The lowest BCUT2D eigenvalue weighted by atomic mass is 9.81. The van der Waals surface area contributed by atoms with E-state index >= 15 is 0 Å². The molecule has 1 saturated carbocycles. The Morgan fingerprint density at radius 3 is 2.55 bits per heavy atom. The van der Waals surface area contributed by atoms with Gasteiger partial charge < -0.3 is 4.74 Å². The van der Waals surface area contributed by atoms with Crippen LogP contribution in [0.2, 0.25) is 0 Å². The molecule has 1 aliphatic rings. The van der Waals surface area contributed by atoms with Crippen molar-refractivity contribution in [3.8, 4) is 11.1 Å². The van der Waals surface area contributed by atoms with Gasteiger partial charge in [-0.25, -0.2) is 9.97 Å². The summed E-state index contributed by atoms with van der Waals surface area (Å²) in [6.07, 6.45) is 8.09. The Labute approximate surface area is 168 Å². The lowest BCUT2D eigenvalue weighted by Gasteiger charge is -2.25. The Balaban J connectivity index is 1.46. The Morgan fingerprint density at radius 2 is 1.86 bits per heavy atom. The highest BCUT2D eigenvalue weighted by molar-refractivity contribution is 5.92. The normalized spacial score (nSPS) is 19.1. The zero-order valence-electron chi connectivity index (χ0n) is 16.5. The molecule has 1 amide bonds. The number of rotatable bonds is 4. The molecule has 4 rings (SSSR count). The van der Waals surface area contributed by atoms with Crippen LogP contribution in [0.3, 0.4) is 0 Å². The number of ether oxygens (including phenoxy) is 1. The number of carbonyl (C=O) groups excluding carboxylic acids is 2. The molecule has 0 spiro atoms. The van der Waals surface area contributed by atoms with E-state index in [4.69, 9.17) is 4.74 Å². The van der Waals surface area contributed by atoms with Gasteiger partial charge >= 0.3 is 5.97 Å². The topological polar surface area (TPSA) is 99.0 Å². The van der Waals surface area contributed by atoms with Gasteiger partial charge in [0, 0.05) is 36.3 Å². The minimum atomic E-state index is -0.189. The van der Waals surface area contributed by atoms with Crippen LogP contribution in [0.5, 0.6) is 0 Å². The molecular formula is C21H23N5O3. The fourth-order valence-corrected chi connectivity index (χ4v) is 3.80. The molecule has 1 fully saturated rings. The fraction of sp³-hybridized carbons (Fsp3) is 0.381. The average Bonchev–Trinajstić information content (AvgIpc) is 3.19. The molecule has 1 aromatic carbocycles. The largest absolute Gasteiger partial charge is 0.469 e. The van der Waals surface area contributed by atoms with Crippen molar-refractivity contribution in [2.24, 2.45) is 18.9 Å². The van der Waals surface area contributed by atoms with E-state index in [1.165, 1.54) is 7.11 Å². The number of anilines is 1. The first-order valence-corrected chi connectivity index (χ1v) is 9.68. The maximum Gasteiger partial charge on any atom is 0.308 e. The average molecular weight is 393 g/mol. The molecule has 0 saturated heterocycles. The molecule has 0 aliphatic heterocycles. The van der Waals surface area contributed by atoms with Crippen LogP contribution < -0.4 is 5.32 Å². The van der Waals surface area contributed by atoms with Gasteiger partial charge in [0.15, 0.2) is 0 Å². The van der Waals surface area contributed by atoms with Crippen LogP contribution in [0.25, 0.3) is 22.0 Å². The van der Waals surface area contributed by atoms with Crippen LogP contribution in [0, 0.1) is 11.8 Å². The highest BCUT2D eigenvalue weighted by atomic mass is 16.5. The van der Waals surface area contributed by atoms with Crippen molar-refractivity contribution in [1.29, 1.82) is 0 Å². The zero-order valence-corrected chi connectivity index (χ0v) is 16.5. The van der Waals surface area contributed by atoms with E-state index in [0.717, 1.165) is 22.0 Å². The van der Waals surface area contributed by atoms with Crippen LogP contribution >= 0.6 is 0 Å². The van der Waals surface area contributed by atoms with E-state index in [1.807, 2.05) is 31.4 Å². The quantitative estimate of drug-likeness (QED) is 0.684. The third-order valence-electron chi connectivity index (χ3n) is 5.49. The standard InChI is InChI=1S/C21H23N5O3/c1-26-12-17(11-23-26)15-7-8-16-10-22-21(24-18(16)9-15)25-19(27)13-3-5-14(6-4-13)20(28)29-2/h7-14H,3-6H2,1-2H3,(H,22,24,25,27). The minimum absolute atomic E-state index is 0.101. The van der Waals surface area contributed by atoms with Gasteiger partial charge in [0.25, 0.3) is 0 Å². The second-order valence-corrected chi connectivity index (χ2v) is 7.43. The number of hydrogen-bond acceptors (Lipinski definition) is 6. The molecule has 3 aromatic rings. The number of nitrogens with one attached hydrogen (secondary N) is 1. The fourth-order valence-electron chi connectivity index (χ4n) is 3.80. The SMILES string of the molecule is COC(=O)C1CCC(C(=O)Nc2ncc3ccc(-c4cnn(C)c4)cc3n2)CC1. The molecule has 0 bridgehead atoms. The van der Waals surface area contributed by atoms with E-state index in [0.29, 0.717) is 31.6 Å². The van der Waals surface area contributed by atoms with E-state index in [9.17, 15) is 9.59 Å². The third-order valence-corrected chi connectivity index (χ3v) is 5.49. The van der Waals surface area contributed by atoms with Crippen molar-refractivity contribution in [3.63, 3.8) is 0 Å². The molecule has 0 unspecified atom stereocenters. The monoisotopic (exact) mass is 393 g/mol. The summed E-state index contributed by atoms with van der Waals surface area (Å²) in [5, 5.41) is 7.93. The summed E-state index contributed by atoms with van der Waals surface area (Å²) >= 11 is 0. The number of aromatic nitrogens is 4. The molecular weight excluding hydrogens is 370 g/mol. The van der Waals surface area contributed by atoms with Gasteiger partial charge in [-0.1, -0.05) is 12.1 Å². The molecule has 8 heteroatoms. The van der Waals surface area contributed by atoms with Crippen molar-refractivity contribution < 1.29 is 14.3 Å². The van der Waals surface area contributed by atoms with E-state index in [-0.39, 0.29) is 23.7 Å². The van der Waals surface area contributed by atoms with E-state index < -0.39 is 0 Å². The Morgan fingerprint density at radius 1 is 1.10 bits per heavy atom. The van der Waals surface area contributed by atoms with E-state index in [1.54, 1.807) is 17.1 Å². The van der Waals surface area contributed by atoms with Gasteiger partial charge in [-0.3, -0.25) is 19.6 Å². The van der Waals surface area contributed by atoms with Crippen molar-refractivity contribution in [2.45, 2.75) is 25.7 Å². The summed E-state index contributed by atoms with van der Waals surface area (Å²) in [7, 11) is 3.27. The van der Waals surface area contributed by atoms with E-state index in [2.05, 4.69) is 20.4 Å². The maximum atomic E-state index is 12.6. The first kappa shape index (κ1) is 19.0. The third kappa shape index (κ3) is 4.11. The zero-order chi connectivity index (χ0) is 20.4. The lowest BCUT2D eigenvalue weighted by molar-refractivity contribution is -0.147. The number of hydrogen-bond donors (Lipinski definition) is 1. The van der Waals surface area contributed by atoms with Crippen LogP contribution in [0.15, 0.2) is 36.8 Å². The van der Waals surface area contributed by atoms with Crippen LogP contribution in [0.1, 0.15) is 25.7 Å². The summed E-state index contributed by atoms with van der Waals surface area (Å²) in [6.45, 7) is 0. The van der Waals surface area contributed by atoms with Gasteiger partial charge in [0.1, 0.15) is 0 Å². The Bertz CT molecular complexity index is 1050. The van der Waals surface area contributed by atoms with Crippen molar-refractivity contribution in [3.05, 3.63) is 36.8 Å². The number of benzene rings is 1. The molecule has 0 atom stereocenters. The van der Waals surface area contributed by atoms with Crippen LogP contribution in [-0.4, -0.2) is 38.7 Å². The van der Waals surface area contributed by atoms with Crippen LogP contribution in [0.4, 0.5) is 5.95 Å². The molecule has 8 nitrogen and oxygen atoms in total. The number of amides is 1. The molecule has 1 N–H and O–H groups in total. The predicted octanol–water partition coefficient (Wildman–Crippen LogP) is 2.95. The number of carbonyl (C=O) groups is 2. The summed E-state index contributed by atoms with van der Waals surface area (Å²) in [4.78, 5) is 33.1. The molecule has 150 valence electrons. The lowest BCUT2D eigenvalue weighted by Crippen LogP contribution is -2.30. The molecule has 0 radical (unpaired) electrons. The highest BCUT2D eigenvalue weighted by Crippen LogP contribution is 2.30. The van der Waals surface area contributed by atoms with Gasteiger partial charge in [-0.05, 0) is 37.3 Å². The molecule has 2 aromatic heterocycles. The second-order valence-electron chi connectivity index (χ2n) is 7.43. The molecule has 1 aliphatic carbocycles.